The zero-order valence-corrected chi connectivity index (χ0v) is 9.50. The molecule has 1 amide bonds. The number of carbonyl (C=O) groups excluding carboxylic acids is 1. The molecule has 0 saturated carbocycles. The number of ether oxygens (including phenoxy) is 1. The summed E-state index contributed by atoms with van der Waals surface area (Å²) in [5.41, 5.74) is 4.95. The van der Waals surface area contributed by atoms with Crippen molar-refractivity contribution in [1.82, 2.24) is 0 Å². The van der Waals surface area contributed by atoms with Crippen LogP contribution in [0.15, 0.2) is 0 Å². The largest absolute Gasteiger partial charge is 0.445 e. The molecule has 15 heavy (non-hydrogen) atoms. The lowest BCUT2D eigenvalue weighted by Crippen LogP contribution is -2.22. The van der Waals surface area contributed by atoms with Crippen molar-refractivity contribution in [2.24, 2.45) is 5.73 Å². The van der Waals surface area contributed by atoms with Crippen LogP contribution in [0.5, 0.6) is 0 Å². The minimum atomic E-state index is -0.733. The Balaban J connectivity index is 3.57. The second kappa shape index (κ2) is 9.39. The van der Waals surface area contributed by atoms with Crippen LogP contribution in [-0.2, 0) is 4.74 Å². The quantitative estimate of drug-likeness (QED) is 0.496. The highest BCUT2D eigenvalue weighted by atomic mass is 16.6. The van der Waals surface area contributed by atoms with Crippen molar-refractivity contribution in [1.29, 1.82) is 0 Å². The normalized spacial score (nSPS) is 11.7. The predicted octanol–water partition coefficient (Wildman–Crippen LogP) is 2.83. The number of terminal acetylenes is 1. The highest BCUT2D eigenvalue weighted by molar-refractivity contribution is 5.64. The summed E-state index contributed by atoms with van der Waals surface area (Å²) in [6, 6.07) is 0. The van der Waals surface area contributed by atoms with Gasteiger partial charge < -0.3 is 10.5 Å². The van der Waals surface area contributed by atoms with Crippen LogP contribution in [-0.4, -0.2) is 12.2 Å². The molecule has 0 aromatic heterocycles. The van der Waals surface area contributed by atoms with E-state index in [2.05, 4.69) is 12.8 Å². The van der Waals surface area contributed by atoms with Gasteiger partial charge in [0.2, 0.25) is 0 Å². The minimum absolute atomic E-state index is 0.200. The zero-order valence-electron chi connectivity index (χ0n) is 9.50. The van der Waals surface area contributed by atoms with Gasteiger partial charge in [0.05, 0.1) is 0 Å². The van der Waals surface area contributed by atoms with Gasteiger partial charge in [0.15, 0.2) is 0 Å². The summed E-state index contributed by atoms with van der Waals surface area (Å²) in [4.78, 5) is 10.6. The molecule has 1 atom stereocenters. The molecule has 86 valence electrons. The second-order valence-electron chi connectivity index (χ2n) is 3.67. The number of hydrogen-bond acceptors (Lipinski definition) is 2. The third kappa shape index (κ3) is 9.14. The first-order chi connectivity index (χ1) is 7.20. The fraction of sp³-hybridized carbons (Fsp3) is 0.750. The van der Waals surface area contributed by atoms with Crippen LogP contribution >= 0.6 is 0 Å². The van der Waals surface area contributed by atoms with Crippen molar-refractivity contribution in [2.45, 2.75) is 58.0 Å². The van der Waals surface area contributed by atoms with E-state index in [9.17, 15) is 4.79 Å². The maximum Gasteiger partial charge on any atom is 0.404 e. The van der Waals surface area contributed by atoms with Gasteiger partial charge in [0.1, 0.15) is 6.10 Å². The SMILES string of the molecule is C#CCC(CCCCCCC)OC(N)=O. The molecule has 0 radical (unpaired) electrons. The summed E-state index contributed by atoms with van der Waals surface area (Å²) in [6.07, 6.45) is 11.4. The number of rotatable bonds is 8. The number of hydrogen-bond donors (Lipinski definition) is 1. The average molecular weight is 211 g/mol. The van der Waals surface area contributed by atoms with Crippen molar-refractivity contribution in [3.8, 4) is 12.3 Å². The van der Waals surface area contributed by atoms with Crippen molar-refractivity contribution in [3.63, 3.8) is 0 Å². The molecule has 0 saturated heterocycles. The maximum atomic E-state index is 10.6. The summed E-state index contributed by atoms with van der Waals surface area (Å²) in [7, 11) is 0. The summed E-state index contributed by atoms with van der Waals surface area (Å²) in [5, 5.41) is 0. The van der Waals surface area contributed by atoms with Gasteiger partial charge in [-0.1, -0.05) is 32.6 Å². The fourth-order valence-electron chi connectivity index (χ4n) is 1.47. The van der Waals surface area contributed by atoms with E-state index in [4.69, 9.17) is 16.9 Å². The van der Waals surface area contributed by atoms with Crippen LogP contribution in [0.1, 0.15) is 51.9 Å². The zero-order chi connectivity index (χ0) is 11.5. The van der Waals surface area contributed by atoms with Crippen molar-refractivity contribution >= 4 is 6.09 Å². The van der Waals surface area contributed by atoms with E-state index in [1.165, 1.54) is 19.3 Å². The van der Waals surface area contributed by atoms with E-state index in [0.29, 0.717) is 6.42 Å². The first-order valence-corrected chi connectivity index (χ1v) is 5.60. The molecular weight excluding hydrogens is 190 g/mol. The van der Waals surface area contributed by atoms with Gasteiger partial charge in [-0.25, -0.2) is 4.79 Å². The average Bonchev–Trinajstić information content (AvgIpc) is 2.17. The molecule has 0 heterocycles. The highest BCUT2D eigenvalue weighted by Crippen LogP contribution is 2.11. The molecule has 3 nitrogen and oxygen atoms in total. The van der Waals surface area contributed by atoms with Crippen LogP contribution < -0.4 is 5.73 Å². The monoisotopic (exact) mass is 211 g/mol. The predicted molar refractivity (Wildman–Crippen MR) is 61.3 cm³/mol. The minimum Gasteiger partial charge on any atom is -0.445 e. The molecule has 0 aliphatic carbocycles. The lowest BCUT2D eigenvalue weighted by atomic mass is 10.1. The van der Waals surface area contributed by atoms with Gasteiger partial charge in [-0.3, -0.25) is 0 Å². The number of nitrogens with two attached hydrogens (primary N) is 1. The first-order valence-electron chi connectivity index (χ1n) is 5.60. The molecule has 3 heteroatoms. The molecular formula is C12H21NO2. The summed E-state index contributed by atoms with van der Waals surface area (Å²) in [6.45, 7) is 2.18. The molecule has 0 aliphatic rings. The summed E-state index contributed by atoms with van der Waals surface area (Å²) in [5.74, 6) is 2.49. The molecule has 0 bridgehead atoms. The first kappa shape index (κ1) is 13.8. The molecule has 2 N–H and O–H groups in total. The Morgan fingerprint density at radius 3 is 2.60 bits per heavy atom. The molecule has 1 unspecified atom stereocenters. The van der Waals surface area contributed by atoms with Crippen LogP contribution in [0.4, 0.5) is 4.79 Å². The van der Waals surface area contributed by atoms with Crippen molar-refractivity contribution in [2.75, 3.05) is 0 Å². The fourth-order valence-corrected chi connectivity index (χ4v) is 1.47. The Kier molecular flexibility index (Phi) is 8.66. The Labute approximate surface area is 92.4 Å². The molecule has 0 rings (SSSR count). The van der Waals surface area contributed by atoms with Gasteiger partial charge in [-0.2, -0.15) is 0 Å². The Hall–Kier alpha value is -1.17. The van der Waals surface area contributed by atoms with Crippen LogP contribution in [0.3, 0.4) is 0 Å². The Bertz CT molecular complexity index is 208. The standard InChI is InChI=1S/C12H21NO2/c1-3-5-6-7-8-10-11(9-4-2)15-12(13)14/h2,11H,3,5-10H2,1H3,(H2,13,14). The van der Waals surface area contributed by atoms with Gasteiger partial charge in [-0.15, -0.1) is 12.3 Å². The second-order valence-corrected chi connectivity index (χ2v) is 3.67. The smallest absolute Gasteiger partial charge is 0.404 e. The van der Waals surface area contributed by atoms with Gasteiger partial charge in [0.25, 0.3) is 0 Å². The number of carbonyl (C=O) groups is 1. The number of unbranched alkanes of at least 4 members (excludes halogenated alkanes) is 4. The van der Waals surface area contributed by atoms with Gasteiger partial charge in [-0.05, 0) is 12.8 Å². The Morgan fingerprint density at radius 2 is 2.07 bits per heavy atom. The van der Waals surface area contributed by atoms with Crippen molar-refractivity contribution in [3.05, 3.63) is 0 Å². The van der Waals surface area contributed by atoms with E-state index < -0.39 is 6.09 Å². The van der Waals surface area contributed by atoms with Crippen LogP contribution in [0.25, 0.3) is 0 Å². The number of amides is 1. The molecule has 0 fully saturated rings. The molecule has 0 spiro atoms. The van der Waals surface area contributed by atoms with Gasteiger partial charge in [0, 0.05) is 6.42 Å². The molecule has 0 aromatic rings. The molecule has 0 aliphatic heterocycles. The topological polar surface area (TPSA) is 52.3 Å². The van der Waals surface area contributed by atoms with E-state index >= 15 is 0 Å². The summed E-state index contributed by atoms with van der Waals surface area (Å²) < 4.78 is 4.89. The van der Waals surface area contributed by atoms with E-state index in [0.717, 1.165) is 19.3 Å². The Morgan fingerprint density at radius 1 is 1.40 bits per heavy atom. The number of primary amides is 1. The molecule has 0 aromatic carbocycles. The van der Waals surface area contributed by atoms with E-state index in [-0.39, 0.29) is 6.10 Å². The third-order valence-corrected chi connectivity index (χ3v) is 2.26. The van der Waals surface area contributed by atoms with Crippen LogP contribution in [0.2, 0.25) is 0 Å². The van der Waals surface area contributed by atoms with E-state index in [1.807, 2.05) is 0 Å². The lowest BCUT2D eigenvalue weighted by Gasteiger charge is -2.13. The van der Waals surface area contributed by atoms with Crippen LogP contribution in [0, 0.1) is 12.3 Å². The van der Waals surface area contributed by atoms with Crippen molar-refractivity contribution < 1.29 is 9.53 Å². The maximum absolute atomic E-state index is 10.6. The lowest BCUT2D eigenvalue weighted by molar-refractivity contribution is 0.102. The third-order valence-electron chi connectivity index (χ3n) is 2.26. The highest BCUT2D eigenvalue weighted by Gasteiger charge is 2.10. The van der Waals surface area contributed by atoms with E-state index in [1.54, 1.807) is 0 Å². The van der Waals surface area contributed by atoms with Gasteiger partial charge >= 0.3 is 6.09 Å². The summed E-state index contributed by atoms with van der Waals surface area (Å²) >= 11 is 0.